The molecular formula is C12H15Br2NO3S. The molecule has 1 heterocycles. The largest absolute Gasteiger partial charge is 0.448 e. The van der Waals surface area contributed by atoms with E-state index in [4.69, 9.17) is 4.74 Å². The highest BCUT2D eigenvalue weighted by Gasteiger charge is 2.23. The van der Waals surface area contributed by atoms with Crippen LogP contribution in [0, 0.1) is 0 Å². The van der Waals surface area contributed by atoms with Gasteiger partial charge in [-0.2, -0.15) is 0 Å². The molecule has 0 spiro atoms. The van der Waals surface area contributed by atoms with Gasteiger partial charge in [0.1, 0.15) is 4.88 Å². The zero-order valence-corrected chi connectivity index (χ0v) is 15.0. The highest BCUT2D eigenvalue weighted by molar-refractivity contribution is 9.13. The Bertz CT molecular complexity index is 474. The van der Waals surface area contributed by atoms with E-state index in [1.165, 1.54) is 11.3 Å². The topological polar surface area (TPSA) is 55.4 Å². The summed E-state index contributed by atoms with van der Waals surface area (Å²) in [5.41, 5.74) is -0.354. The van der Waals surface area contributed by atoms with Crippen LogP contribution in [0.3, 0.4) is 0 Å². The Kier molecular flexibility index (Phi) is 5.58. The van der Waals surface area contributed by atoms with Crippen molar-refractivity contribution in [2.45, 2.75) is 39.3 Å². The molecule has 0 aliphatic heterocycles. The molecule has 1 aromatic heterocycles. The van der Waals surface area contributed by atoms with Crippen LogP contribution >= 0.6 is 43.2 Å². The Labute approximate surface area is 133 Å². The van der Waals surface area contributed by atoms with E-state index in [-0.39, 0.29) is 11.4 Å². The molecule has 1 rings (SSSR count). The van der Waals surface area contributed by atoms with Crippen LogP contribution in [0.15, 0.2) is 14.3 Å². The van der Waals surface area contributed by atoms with Crippen molar-refractivity contribution in [3.8, 4) is 0 Å². The average Bonchev–Trinajstić information content (AvgIpc) is 2.56. The third kappa shape index (κ3) is 5.24. The van der Waals surface area contributed by atoms with E-state index in [1.54, 1.807) is 13.0 Å². The number of amides is 1. The predicted molar refractivity (Wildman–Crippen MR) is 82.5 cm³/mol. The second kappa shape index (κ2) is 6.37. The summed E-state index contributed by atoms with van der Waals surface area (Å²) in [6, 6.07) is 1.66. The van der Waals surface area contributed by atoms with E-state index >= 15 is 0 Å². The van der Waals surface area contributed by atoms with Crippen LogP contribution in [0.4, 0.5) is 0 Å². The second-order valence-corrected chi connectivity index (χ2v) is 8.24. The van der Waals surface area contributed by atoms with E-state index < -0.39 is 12.1 Å². The monoisotopic (exact) mass is 411 g/mol. The Balaban J connectivity index is 2.64. The second-order valence-electron chi connectivity index (χ2n) is 5.02. The van der Waals surface area contributed by atoms with Crippen molar-refractivity contribution < 1.29 is 14.3 Å². The molecule has 0 fully saturated rings. The Morgan fingerprint density at radius 1 is 1.37 bits per heavy atom. The molecule has 0 aromatic carbocycles. The van der Waals surface area contributed by atoms with Crippen molar-refractivity contribution in [2.24, 2.45) is 0 Å². The number of halogens is 2. The minimum atomic E-state index is -0.827. The lowest BCUT2D eigenvalue weighted by molar-refractivity contribution is -0.130. The third-order valence-electron chi connectivity index (χ3n) is 2.00. The van der Waals surface area contributed by atoms with Crippen molar-refractivity contribution in [1.29, 1.82) is 0 Å². The fourth-order valence-corrected chi connectivity index (χ4v) is 3.11. The Hall–Kier alpha value is -0.400. The molecule has 0 radical (unpaired) electrons. The third-order valence-corrected chi connectivity index (χ3v) is 5.23. The summed E-state index contributed by atoms with van der Waals surface area (Å²) in [5.74, 6) is -0.816. The van der Waals surface area contributed by atoms with Gasteiger partial charge in [0.15, 0.2) is 6.10 Å². The van der Waals surface area contributed by atoms with Crippen molar-refractivity contribution in [2.75, 3.05) is 0 Å². The summed E-state index contributed by atoms with van der Waals surface area (Å²) >= 11 is 7.85. The van der Waals surface area contributed by atoms with E-state index in [0.29, 0.717) is 4.88 Å². The molecule has 1 atom stereocenters. The highest BCUT2D eigenvalue weighted by atomic mass is 79.9. The van der Waals surface area contributed by atoms with Crippen LogP contribution in [-0.4, -0.2) is 23.5 Å². The van der Waals surface area contributed by atoms with Crippen molar-refractivity contribution in [1.82, 2.24) is 5.32 Å². The molecule has 1 aromatic rings. The van der Waals surface area contributed by atoms with Crippen molar-refractivity contribution >= 4 is 55.1 Å². The van der Waals surface area contributed by atoms with Gasteiger partial charge >= 0.3 is 5.97 Å². The summed E-state index contributed by atoms with van der Waals surface area (Å²) in [6.45, 7) is 7.16. The maximum Gasteiger partial charge on any atom is 0.349 e. The number of ether oxygens (including phenoxy) is 1. The molecule has 0 aliphatic carbocycles. The first-order valence-corrected chi connectivity index (χ1v) is 7.98. The van der Waals surface area contributed by atoms with Gasteiger partial charge < -0.3 is 10.1 Å². The highest BCUT2D eigenvalue weighted by Crippen LogP contribution is 2.32. The molecule has 0 unspecified atom stereocenters. The normalized spacial score (nSPS) is 12.9. The van der Waals surface area contributed by atoms with E-state index in [9.17, 15) is 9.59 Å². The first-order chi connectivity index (χ1) is 8.60. The van der Waals surface area contributed by atoms with Crippen LogP contribution in [0.5, 0.6) is 0 Å². The van der Waals surface area contributed by atoms with Crippen LogP contribution < -0.4 is 5.32 Å². The SMILES string of the molecule is C[C@H](OC(=O)c1cc(Br)c(Br)s1)C(=O)NC(C)(C)C. The van der Waals surface area contributed by atoms with Gasteiger partial charge in [-0.3, -0.25) is 4.79 Å². The standard InChI is InChI=1S/C12H15Br2NO3S/c1-6(10(16)15-12(2,3)4)18-11(17)8-5-7(13)9(14)19-8/h5-6H,1-4H3,(H,15,16)/t6-/m0/s1. The summed E-state index contributed by atoms with van der Waals surface area (Å²) in [4.78, 5) is 24.1. The minimum absolute atomic E-state index is 0.310. The van der Waals surface area contributed by atoms with Crippen LogP contribution in [0.2, 0.25) is 0 Å². The molecule has 0 saturated heterocycles. The zero-order valence-electron chi connectivity index (χ0n) is 11.0. The van der Waals surface area contributed by atoms with Crippen LogP contribution in [0.25, 0.3) is 0 Å². The smallest absolute Gasteiger partial charge is 0.349 e. The number of carbonyl (C=O) groups is 2. The lowest BCUT2D eigenvalue weighted by atomic mass is 10.1. The summed E-state index contributed by atoms with van der Waals surface area (Å²) < 4.78 is 6.73. The zero-order chi connectivity index (χ0) is 14.8. The van der Waals surface area contributed by atoms with Crippen LogP contribution in [-0.2, 0) is 9.53 Å². The number of thiophene rings is 1. The van der Waals surface area contributed by atoms with Gasteiger partial charge in [0, 0.05) is 10.0 Å². The number of hydrogen-bond acceptors (Lipinski definition) is 4. The maximum absolute atomic E-state index is 11.9. The summed E-state index contributed by atoms with van der Waals surface area (Å²) in [6.07, 6.45) is -0.827. The molecule has 1 amide bonds. The van der Waals surface area contributed by atoms with E-state index in [1.807, 2.05) is 20.8 Å². The first-order valence-electron chi connectivity index (χ1n) is 5.58. The van der Waals surface area contributed by atoms with Crippen molar-refractivity contribution in [3.05, 3.63) is 19.2 Å². The van der Waals surface area contributed by atoms with Gasteiger partial charge in [-0.25, -0.2) is 4.79 Å². The van der Waals surface area contributed by atoms with E-state index in [2.05, 4.69) is 37.2 Å². The van der Waals surface area contributed by atoms with Gasteiger partial charge in [-0.1, -0.05) is 0 Å². The number of rotatable bonds is 3. The summed E-state index contributed by atoms with van der Waals surface area (Å²) in [7, 11) is 0. The molecule has 0 bridgehead atoms. The lowest BCUT2D eigenvalue weighted by Gasteiger charge is -2.23. The lowest BCUT2D eigenvalue weighted by Crippen LogP contribution is -2.46. The van der Waals surface area contributed by atoms with Gasteiger partial charge in [0.05, 0.1) is 3.79 Å². The molecule has 0 aliphatic rings. The number of esters is 1. The van der Waals surface area contributed by atoms with Gasteiger partial charge in [0.2, 0.25) is 0 Å². The summed E-state index contributed by atoms with van der Waals surface area (Å²) in [5, 5.41) is 2.76. The van der Waals surface area contributed by atoms with Crippen LogP contribution in [0.1, 0.15) is 37.4 Å². The Morgan fingerprint density at radius 2 is 1.95 bits per heavy atom. The van der Waals surface area contributed by atoms with Gasteiger partial charge in [-0.05, 0) is 65.6 Å². The van der Waals surface area contributed by atoms with E-state index in [0.717, 1.165) is 8.26 Å². The molecule has 106 valence electrons. The first kappa shape index (κ1) is 16.7. The fourth-order valence-electron chi connectivity index (χ4n) is 1.19. The molecule has 1 N–H and O–H groups in total. The molecule has 19 heavy (non-hydrogen) atoms. The quantitative estimate of drug-likeness (QED) is 0.769. The average molecular weight is 413 g/mol. The fraction of sp³-hybridized carbons (Fsp3) is 0.500. The molecule has 4 nitrogen and oxygen atoms in total. The molecular weight excluding hydrogens is 398 g/mol. The number of nitrogens with one attached hydrogen (secondary N) is 1. The number of carbonyl (C=O) groups excluding carboxylic acids is 2. The van der Waals surface area contributed by atoms with Gasteiger partial charge in [0.25, 0.3) is 5.91 Å². The predicted octanol–water partition coefficient (Wildman–Crippen LogP) is 3.73. The number of hydrogen-bond donors (Lipinski definition) is 1. The molecule has 0 saturated carbocycles. The minimum Gasteiger partial charge on any atom is -0.448 e. The maximum atomic E-state index is 11.9. The van der Waals surface area contributed by atoms with Gasteiger partial charge in [-0.15, -0.1) is 11.3 Å². The Morgan fingerprint density at radius 3 is 2.37 bits per heavy atom. The molecule has 7 heteroatoms. The van der Waals surface area contributed by atoms with Crippen molar-refractivity contribution in [3.63, 3.8) is 0 Å².